The third kappa shape index (κ3) is 3.85. The lowest BCUT2D eigenvalue weighted by Crippen LogP contribution is -2.16. The molecule has 5 heteroatoms. The topological polar surface area (TPSA) is 54.9 Å². The van der Waals surface area contributed by atoms with Gasteiger partial charge in [-0.2, -0.15) is 0 Å². The molecule has 4 nitrogen and oxygen atoms in total. The van der Waals surface area contributed by atoms with E-state index in [0.717, 1.165) is 33.8 Å². The average Bonchev–Trinajstić information content (AvgIpc) is 2.46. The normalized spacial score (nSPS) is 10.6. The Kier molecular flexibility index (Phi) is 5.19. The molecule has 116 valence electrons. The van der Waals surface area contributed by atoms with E-state index in [1.165, 1.54) is 11.8 Å². The van der Waals surface area contributed by atoms with Crippen LogP contribution < -0.4 is 5.32 Å². The molecule has 0 unspecified atom stereocenters. The molecule has 0 fully saturated rings. The number of thioether (sulfide) groups is 1. The molecule has 0 radical (unpaired) electrons. The molecule has 0 saturated carbocycles. The van der Waals surface area contributed by atoms with E-state index in [9.17, 15) is 4.79 Å². The van der Waals surface area contributed by atoms with Crippen molar-refractivity contribution in [2.75, 3.05) is 11.1 Å². The number of aromatic nitrogens is 2. The Bertz CT molecular complexity index is 670. The monoisotopic (exact) mass is 315 g/mol. The molecule has 1 heterocycles. The molecule has 1 aromatic carbocycles. The summed E-state index contributed by atoms with van der Waals surface area (Å²) in [6, 6.07) is 5.97. The number of nitrogens with one attached hydrogen (secondary N) is 1. The first-order valence-corrected chi connectivity index (χ1v) is 8.17. The summed E-state index contributed by atoms with van der Waals surface area (Å²) < 4.78 is 0. The van der Waals surface area contributed by atoms with Crippen LogP contribution in [0.5, 0.6) is 0 Å². The molecule has 0 aliphatic heterocycles. The summed E-state index contributed by atoms with van der Waals surface area (Å²) in [5.74, 6) is 0.261. The number of nitrogens with zero attached hydrogens (tertiary/aromatic N) is 2. The molecule has 2 rings (SSSR count). The number of carbonyl (C=O) groups excluding carboxylic acids is 1. The summed E-state index contributed by atoms with van der Waals surface area (Å²) in [5, 5.41) is 3.62. The molecule has 0 aliphatic carbocycles. The maximum absolute atomic E-state index is 12.1. The second kappa shape index (κ2) is 6.92. The summed E-state index contributed by atoms with van der Waals surface area (Å²) in [6.07, 6.45) is 0. The van der Waals surface area contributed by atoms with Crippen LogP contribution in [0.4, 0.5) is 5.69 Å². The Morgan fingerprint density at radius 3 is 2.14 bits per heavy atom. The first-order chi connectivity index (χ1) is 10.4. The first-order valence-electron chi connectivity index (χ1n) is 7.19. The number of carbonyl (C=O) groups is 1. The zero-order valence-electron chi connectivity index (χ0n) is 13.7. The highest BCUT2D eigenvalue weighted by Crippen LogP contribution is 2.21. The highest BCUT2D eigenvalue weighted by molar-refractivity contribution is 7.99. The van der Waals surface area contributed by atoms with Crippen molar-refractivity contribution < 1.29 is 4.79 Å². The van der Waals surface area contributed by atoms with Crippen LogP contribution in [0.3, 0.4) is 0 Å². The van der Waals surface area contributed by atoms with Crippen molar-refractivity contribution in [2.24, 2.45) is 0 Å². The van der Waals surface area contributed by atoms with Crippen LogP contribution in [0, 0.1) is 34.6 Å². The van der Waals surface area contributed by atoms with E-state index < -0.39 is 0 Å². The van der Waals surface area contributed by atoms with Crippen molar-refractivity contribution in [2.45, 2.75) is 39.8 Å². The van der Waals surface area contributed by atoms with Crippen molar-refractivity contribution in [3.63, 3.8) is 0 Å². The molecular formula is C17H21N3OS. The molecule has 0 bridgehead atoms. The van der Waals surface area contributed by atoms with Crippen molar-refractivity contribution in [1.82, 2.24) is 9.97 Å². The van der Waals surface area contributed by atoms with Gasteiger partial charge in [0.15, 0.2) is 5.16 Å². The summed E-state index contributed by atoms with van der Waals surface area (Å²) in [6.45, 7) is 9.92. The van der Waals surface area contributed by atoms with Crippen molar-refractivity contribution in [3.05, 3.63) is 46.3 Å². The van der Waals surface area contributed by atoms with E-state index in [4.69, 9.17) is 0 Å². The van der Waals surface area contributed by atoms with Gasteiger partial charge in [-0.1, -0.05) is 30.0 Å². The minimum absolute atomic E-state index is 0.0399. The van der Waals surface area contributed by atoms with Gasteiger partial charge in [-0.25, -0.2) is 9.97 Å². The smallest absolute Gasteiger partial charge is 0.234 e. The maximum Gasteiger partial charge on any atom is 0.234 e. The number of amides is 1. The zero-order chi connectivity index (χ0) is 16.3. The first kappa shape index (κ1) is 16.5. The van der Waals surface area contributed by atoms with Crippen LogP contribution in [-0.2, 0) is 4.79 Å². The fraction of sp³-hybridized carbons (Fsp3) is 0.353. The van der Waals surface area contributed by atoms with Crippen LogP contribution in [0.2, 0.25) is 0 Å². The summed E-state index contributed by atoms with van der Waals surface area (Å²) in [5.41, 5.74) is 6.05. The Labute approximate surface area is 135 Å². The van der Waals surface area contributed by atoms with Crippen molar-refractivity contribution >= 4 is 23.4 Å². The summed E-state index contributed by atoms with van der Waals surface area (Å²) >= 11 is 1.36. The number of anilines is 1. The standard InChI is InChI=1S/C17H21N3OS/c1-10-7-6-8-11(2)16(10)20-15(21)9-22-17-18-13(4)12(3)14(5)19-17/h6-8H,9H2,1-5H3,(H,20,21). The Morgan fingerprint density at radius 2 is 1.59 bits per heavy atom. The Balaban J connectivity index is 2.02. The highest BCUT2D eigenvalue weighted by Gasteiger charge is 2.10. The van der Waals surface area contributed by atoms with E-state index in [1.807, 2.05) is 52.8 Å². The molecule has 0 atom stereocenters. The van der Waals surface area contributed by atoms with E-state index in [-0.39, 0.29) is 5.91 Å². The molecule has 0 saturated heterocycles. The van der Waals surface area contributed by atoms with Gasteiger partial charge in [0.2, 0.25) is 5.91 Å². The lowest BCUT2D eigenvalue weighted by Gasteiger charge is -2.11. The maximum atomic E-state index is 12.1. The van der Waals surface area contributed by atoms with Gasteiger partial charge in [0.25, 0.3) is 0 Å². The lowest BCUT2D eigenvalue weighted by molar-refractivity contribution is -0.113. The minimum atomic E-state index is -0.0399. The summed E-state index contributed by atoms with van der Waals surface area (Å²) in [4.78, 5) is 21.0. The van der Waals surface area contributed by atoms with E-state index >= 15 is 0 Å². The molecule has 0 aliphatic rings. The molecule has 22 heavy (non-hydrogen) atoms. The van der Waals surface area contributed by atoms with Crippen molar-refractivity contribution in [1.29, 1.82) is 0 Å². The second-order valence-electron chi connectivity index (χ2n) is 5.41. The molecule has 1 N–H and O–H groups in total. The van der Waals surface area contributed by atoms with Gasteiger partial charge < -0.3 is 5.32 Å². The van der Waals surface area contributed by atoms with Crippen LogP contribution in [0.1, 0.15) is 28.1 Å². The SMILES string of the molecule is Cc1cccc(C)c1NC(=O)CSc1nc(C)c(C)c(C)n1. The number of para-hydroxylation sites is 1. The van der Waals surface area contributed by atoms with Gasteiger partial charge in [0.05, 0.1) is 5.75 Å². The third-order valence-corrected chi connectivity index (χ3v) is 4.54. The molecule has 1 amide bonds. The number of rotatable bonds is 4. The predicted octanol–water partition coefficient (Wildman–Crippen LogP) is 3.75. The van der Waals surface area contributed by atoms with E-state index in [0.29, 0.717) is 10.9 Å². The minimum Gasteiger partial charge on any atom is -0.325 e. The fourth-order valence-electron chi connectivity index (χ4n) is 2.12. The fourth-order valence-corrected chi connectivity index (χ4v) is 2.86. The number of aryl methyl sites for hydroxylation is 4. The van der Waals surface area contributed by atoms with Gasteiger partial charge in [-0.05, 0) is 51.3 Å². The Morgan fingerprint density at radius 1 is 1.05 bits per heavy atom. The number of benzene rings is 1. The van der Waals surface area contributed by atoms with Gasteiger partial charge in [-0.15, -0.1) is 0 Å². The number of hydrogen-bond donors (Lipinski definition) is 1. The van der Waals surface area contributed by atoms with Crippen LogP contribution >= 0.6 is 11.8 Å². The Hall–Kier alpha value is -1.88. The third-order valence-electron chi connectivity index (χ3n) is 3.69. The number of hydrogen-bond acceptors (Lipinski definition) is 4. The molecule has 1 aromatic heterocycles. The van der Waals surface area contributed by atoms with Crippen LogP contribution in [-0.4, -0.2) is 21.6 Å². The van der Waals surface area contributed by atoms with Gasteiger partial charge >= 0.3 is 0 Å². The van der Waals surface area contributed by atoms with Crippen LogP contribution in [0.15, 0.2) is 23.4 Å². The zero-order valence-corrected chi connectivity index (χ0v) is 14.5. The predicted molar refractivity (Wildman–Crippen MR) is 91.5 cm³/mol. The molecule has 2 aromatic rings. The summed E-state index contributed by atoms with van der Waals surface area (Å²) in [7, 11) is 0. The lowest BCUT2D eigenvalue weighted by atomic mass is 10.1. The largest absolute Gasteiger partial charge is 0.325 e. The van der Waals surface area contributed by atoms with E-state index in [2.05, 4.69) is 15.3 Å². The van der Waals surface area contributed by atoms with Gasteiger partial charge in [0, 0.05) is 17.1 Å². The van der Waals surface area contributed by atoms with Gasteiger partial charge in [0.1, 0.15) is 0 Å². The molecular weight excluding hydrogens is 294 g/mol. The van der Waals surface area contributed by atoms with Crippen LogP contribution in [0.25, 0.3) is 0 Å². The van der Waals surface area contributed by atoms with E-state index in [1.54, 1.807) is 0 Å². The quantitative estimate of drug-likeness (QED) is 0.689. The molecule has 0 spiro atoms. The van der Waals surface area contributed by atoms with Gasteiger partial charge in [-0.3, -0.25) is 4.79 Å². The second-order valence-corrected chi connectivity index (χ2v) is 6.35. The average molecular weight is 315 g/mol. The van der Waals surface area contributed by atoms with Crippen molar-refractivity contribution in [3.8, 4) is 0 Å². The highest BCUT2D eigenvalue weighted by atomic mass is 32.2.